The number of para-hydroxylation sites is 2. The summed E-state index contributed by atoms with van der Waals surface area (Å²) >= 11 is 0. The van der Waals surface area contributed by atoms with Crippen molar-refractivity contribution < 1.29 is 28.5 Å². The second-order valence-electron chi connectivity index (χ2n) is 7.40. The van der Waals surface area contributed by atoms with Crippen molar-refractivity contribution in [3.05, 3.63) is 42.0 Å². The third-order valence-electron chi connectivity index (χ3n) is 5.55. The summed E-state index contributed by atoms with van der Waals surface area (Å²) in [6.07, 6.45) is 0.769. The number of methoxy groups -OCH3 is 4. The van der Waals surface area contributed by atoms with Gasteiger partial charge in [-0.2, -0.15) is 0 Å². The average Bonchev–Trinajstić information content (AvgIpc) is 2.85. The fraction of sp³-hybridized carbons (Fsp3) is 0.458. The van der Waals surface area contributed by atoms with Gasteiger partial charge in [-0.15, -0.1) is 0 Å². The molecule has 0 saturated carbocycles. The van der Waals surface area contributed by atoms with Gasteiger partial charge in [-0.25, -0.2) is 4.79 Å². The van der Waals surface area contributed by atoms with Crippen molar-refractivity contribution in [2.24, 2.45) is 0 Å². The molecule has 0 aromatic heterocycles. The molecule has 174 valence electrons. The van der Waals surface area contributed by atoms with Crippen LogP contribution in [0.5, 0.6) is 23.0 Å². The van der Waals surface area contributed by atoms with Crippen molar-refractivity contribution in [3.63, 3.8) is 0 Å². The molecule has 1 saturated heterocycles. The number of rotatable bonds is 10. The van der Waals surface area contributed by atoms with Gasteiger partial charge in [-0.3, -0.25) is 4.90 Å². The Morgan fingerprint density at radius 1 is 0.844 bits per heavy atom. The van der Waals surface area contributed by atoms with Gasteiger partial charge in [-0.05, 0) is 30.7 Å². The Morgan fingerprint density at radius 2 is 1.47 bits per heavy atom. The highest BCUT2D eigenvalue weighted by molar-refractivity contribution is 5.91. The van der Waals surface area contributed by atoms with Gasteiger partial charge < -0.3 is 28.6 Å². The average molecular weight is 445 g/mol. The summed E-state index contributed by atoms with van der Waals surface area (Å²) < 4.78 is 26.8. The van der Waals surface area contributed by atoms with Crippen LogP contribution in [0.4, 0.5) is 5.69 Å². The number of hydrogen-bond acceptors (Lipinski definition) is 8. The number of hydrogen-bond donors (Lipinski definition) is 0. The van der Waals surface area contributed by atoms with Crippen LogP contribution in [-0.4, -0.2) is 78.6 Å². The summed E-state index contributed by atoms with van der Waals surface area (Å²) in [4.78, 5) is 17.2. The van der Waals surface area contributed by atoms with E-state index in [0.29, 0.717) is 29.4 Å². The summed E-state index contributed by atoms with van der Waals surface area (Å²) in [5.74, 6) is 1.78. The fourth-order valence-corrected chi connectivity index (χ4v) is 3.84. The number of esters is 1. The smallest absolute Gasteiger partial charge is 0.338 e. The lowest BCUT2D eigenvalue weighted by Gasteiger charge is -2.36. The Morgan fingerprint density at radius 3 is 2.06 bits per heavy atom. The number of benzene rings is 2. The van der Waals surface area contributed by atoms with Gasteiger partial charge in [0.2, 0.25) is 5.75 Å². The largest absolute Gasteiger partial charge is 0.495 e. The number of anilines is 1. The van der Waals surface area contributed by atoms with Crippen molar-refractivity contribution in [3.8, 4) is 23.0 Å². The maximum Gasteiger partial charge on any atom is 0.338 e. The molecule has 0 amide bonds. The zero-order valence-corrected chi connectivity index (χ0v) is 19.3. The first kappa shape index (κ1) is 23.5. The minimum atomic E-state index is -0.412. The van der Waals surface area contributed by atoms with E-state index in [1.165, 1.54) is 21.3 Å². The van der Waals surface area contributed by atoms with Crippen molar-refractivity contribution in [1.29, 1.82) is 0 Å². The molecule has 2 aromatic rings. The Kier molecular flexibility index (Phi) is 8.44. The van der Waals surface area contributed by atoms with E-state index in [1.54, 1.807) is 19.2 Å². The molecule has 1 aliphatic rings. The van der Waals surface area contributed by atoms with Crippen molar-refractivity contribution in [2.45, 2.75) is 6.42 Å². The van der Waals surface area contributed by atoms with E-state index in [4.69, 9.17) is 23.7 Å². The van der Waals surface area contributed by atoms with Crippen LogP contribution in [0, 0.1) is 0 Å². The highest BCUT2D eigenvalue weighted by Gasteiger charge is 2.20. The van der Waals surface area contributed by atoms with Crippen molar-refractivity contribution in [2.75, 3.05) is 72.7 Å². The maximum absolute atomic E-state index is 12.5. The normalized spacial score (nSPS) is 14.1. The quantitative estimate of drug-likeness (QED) is 0.409. The molecule has 0 atom stereocenters. The van der Waals surface area contributed by atoms with Gasteiger partial charge in [-0.1, -0.05) is 12.1 Å². The number of nitrogens with zero attached hydrogens (tertiary/aromatic N) is 2. The minimum Gasteiger partial charge on any atom is -0.495 e. The predicted octanol–water partition coefficient (Wildman–Crippen LogP) is 3.09. The maximum atomic E-state index is 12.5. The summed E-state index contributed by atoms with van der Waals surface area (Å²) in [5, 5.41) is 0. The SMILES string of the molecule is COc1ccccc1N1CCN(CCCOC(=O)c2cc(OC)c(OC)c(OC)c2)CC1. The number of piperazine rings is 1. The Labute approximate surface area is 189 Å². The highest BCUT2D eigenvalue weighted by atomic mass is 16.5. The van der Waals surface area contributed by atoms with Crippen LogP contribution in [0.1, 0.15) is 16.8 Å². The molecule has 0 spiro atoms. The molecule has 0 radical (unpaired) electrons. The Balaban J connectivity index is 1.45. The third kappa shape index (κ3) is 5.56. The van der Waals surface area contributed by atoms with E-state index >= 15 is 0 Å². The van der Waals surface area contributed by atoms with Crippen LogP contribution < -0.4 is 23.8 Å². The first-order chi connectivity index (χ1) is 15.6. The molecule has 8 heteroatoms. The topological polar surface area (TPSA) is 69.7 Å². The molecular formula is C24H32N2O6. The molecule has 0 unspecified atom stereocenters. The Bertz CT molecular complexity index is 871. The lowest BCUT2D eigenvalue weighted by molar-refractivity contribution is 0.0486. The van der Waals surface area contributed by atoms with Gasteiger partial charge in [0.25, 0.3) is 0 Å². The lowest BCUT2D eigenvalue weighted by atomic mass is 10.2. The van der Waals surface area contributed by atoms with E-state index in [1.807, 2.05) is 18.2 Å². The zero-order chi connectivity index (χ0) is 22.9. The molecule has 2 aromatic carbocycles. The first-order valence-corrected chi connectivity index (χ1v) is 10.7. The minimum absolute atomic E-state index is 0.349. The molecule has 8 nitrogen and oxygen atoms in total. The van der Waals surface area contributed by atoms with E-state index in [9.17, 15) is 4.79 Å². The van der Waals surface area contributed by atoms with Crippen LogP contribution in [0.2, 0.25) is 0 Å². The molecular weight excluding hydrogens is 412 g/mol. The standard InChI is InChI=1S/C24H32N2O6/c1-28-20-9-6-5-8-19(20)26-13-11-25(12-14-26)10-7-15-32-24(27)18-16-21(29-2)23(31-4)22(17-18)30-3/h5-6,8-9,16-17H,7,10-15H2,1-4H3. The summed E-state index contributed by atoms with van der Waals surface area (Å²) in [6.45, 7) is 5.01. The molecule has 32 heavy (non-hydrogen) atoms. The van der Waals surface area contributed by atoms with Gasteiger partial charge in [0, 0.05) is 32.7 Å². The lowest BCUT2D eigenvalue weighted by Crippen LogP contribution is -2.46. The van der Waals surface area contributed by atoms with E-state index in [-0.39, 0.29) is 0 Å². The van der Waals surface area contributed by atoms with E-state index in [0.717, 1.165) is 50.6 Å². The predicted molar refractivity (Wildman–Crippen MR) is 123 cm³/mol. The summed E-state index contributed by atoms with van der Waals surface area (Å²) in [6, 6.07) is 11.3. The van der Waals surface area contributed by atoms with Crippen LogP contribution in [0.15, 0.2) is 36.4 Å². The van der Waals surface area contributed by atoms with E-state index in [2.05, 4.69) is 15.9 Å². The molecule has 0 N–H and O–H groups in total. The van der Waals surface area contributed by atoms with Gasteiger partial charge in [0.15, 0.2) is 11.5 Å². The van der Waals surface area contributed by atoms with Crippen LogP contribution in [-0.2, 0) is 4.74 Å². The van der Waals surface area contributed by atoms with Crippen LogP contribution >= 0.6 is 0 Å². The number of carbonyl (C=O) groups is 1. The second kappa shape index (κ2) is 11.5. The van der Waals surface area contributed by atoms with Crippen LogP contribution in [0.25, 0.3) is 0 Å². The molecule has 3 rings (SSSR count). The second-order valence-corrected chi connectivity index (χ2v) is 7.40. The van der Waals surface area contributed by atoms with Gasteiger partial charge >= 0.3 is 5.97 Å². The molecule has 0 aliphatic carbocycles. The van der Waals surface area contributed by atoms with E-state index < -0.39 is 5.97 Å². The Hall–Kier alpha value is -3.13. The first-order valence-electron chi connectivity index (χ1n) is 10.7. The number of carbonyl (C=O) groups excluding carboxylic acids is 1. The third-order valence-corrected chi connectivity index (χ3v) is 5.55. The molecule has 0 bridgehead atoms. The number of ether oxygens (including phenoxy) is 5. The van der Waals surface area contributed by atoms with Crippen LogP contribution in [0.3, 0.4) is 0 Å². The fourth-order valence-electron chi connectivity index (χ4n) is 3.84. The molecule has 1 fully saturated rings. The molecule has 1 aliphatic heterocycles. The highest BCUT2D eigenvalue weighted by Crippen LogP contribution is 2.38. The van der Waals surface area contributed by atoms with Gasteiger partial charge in [0.1, 0.15) is 5.75 Å². The molecule has 1 heterocycles. The van der Waals surface area contributed by atoms with Crippen molar-refractivity contribution in [1.82, 2.24) is 4.90 Å². The monoisotopic (exact) mass is 444 g/mol. The van der Waals surface area contributed by atoms with Gasteiger partial charge in [0.05, 0.1) is 46.3 Å². The zero-order valence-electron chi connectivity index (χ0n) is 19.3. The van der Waals surface area contributed by atoms with Crippen molar-refractivity contribution >= 4 is 11.7 Å². The summed E-state index contributed by atoms with van der Waals surface area (Å²) in [7, 11) is 6.25. The summed E-state index contributed by atoms with van der Waals surface area (Å²) in [5.41, 5.74) is 1.50.